The quantitative estimate of drug-likeness (QED) is 0.757. The lowest BCUT2D eigenvalue weighted by molar-refractivity contribution is -0.177. The van der Waals surface area contributed by atoms with Crippen LogP contribution < -0.4 is 0 Å². The van der Waals surface area contributed by atoms with Gasteiger partial charge in [-0.05, 0) is 24.3 Å². The van der Waals surface area contributed by atoms with Gasteiger partial charge in [0.2, 0.25) is 0 Å². The third kappa shape index (κ3) is 3.47. The van der Waals surface area contributed by atoms with E-state index in [1.807, 2.05) is 30.3 Å². The minimum atomic E-state index is -1.84. The third-order valence-corrected chi connectivity index (χ3v) is 4.51. The van der Waals surface area contributed by atoms with Crippen molar-refractivity contribution >= 4 is 11.9 Å². The van der Waals surface area contributed by atoms with E-state index in [0.717, 1.165) is 24.8 Å². The molecule has 0 aromatic heterocycles. The summed E-state index contributed by atoms with van der Waals surface area (Å²) in [4.78, 5) is 23.5. The first-order chi connectivity index (χ1) is 10.6. The predicted molar refractivity (Wildman–Crippen MR) is 80.4 cm³/mol. The largest absolute Gasteiger partial charge is 0.480 e. The molecule has 2 rings (SSSR count). The molecule has 0 aliphatic heterocycles. The lowest BCUT2D eigenvalue weighted by Gasteiger charge is -2.35. The van der Waals surface area contributed by atoms with E-state index in [1.54, 1.807) is 0 Å². The second-order valence-corrected chi connectivity index (χ2v) is 5.89. The normalized spacial score (nSPS) is 16.4. The Kier molecular flexibility index (Phi) is 5.55. The van der Waals surface area contributed by atoms with Gasteiger partial charge in [0.15, 0.2) is 5.41 Å². The molecular formula is C17H22O5. The van der Waals surface area contributed by atoms with Gasteiger partial charge in [0.25, 0.3) is 0 Å². The molecule has 5 heteroatoms. The fraction of sp³-hybridized carbons (Fsp3) is 0.529. The van der Waals surface area contributed by atoms with E-state index in [2.05, 4.69) is 0 Å². The molecule has 0 amide bonds. The number of aliphatic carboxylic acids is 2. The van der Waals surface area contributed by atoms with Crippen LogP contribution in [0.2, 0.25) is 0 Å². The monoisotopic (exact) mass is 306 g/mol. The van der Waals surface area contributed by atoms with Crippen molar-refractivity contribution in [2.45, 2.75) is 38.7 Å². The lowest BCUT2D eigenvalue weighted by Crippen LogP contribution is -2.50. The molecule has 0 bridgehead atoms. The van der Waals surface area contributed by atoms with E-state index >= 15 is 0 Å². The first-order valence-corrected chi connectivity index (χ1v) is 7.66. The Hall–Kier alpha value is -1.88. The number of carbonyl (C=O) groups is 2. The number of hydrogen-bond donors (Lipinski definition) is 2. The average molecular weight is 306 g/mol. The van der Waals surface area contributed by atoms with Gasteiger partial charge in [-0.15, -0.1) is 0 Å². The van der Waals surface area contributed by atoms with Crippen LogP contribution in [0.15, 0.2) is 30.3 Å². The molecule has 0 heterocycles. The molecule has 0 saturated heterocycles. The molecule has 5 nitrogen and oxygen atoms in total. The van der Waals surface area contributed by atoms with Crippen molar-refractivity contribution in [3.8, 4) is 0 Å². The zero-order valence-corrected chi connectivity index (χ0v) is 12.5. The minimum absolute atomic E-state index is 0.218. The van der Waals surface area contributed by atoms with E-state index in [9.17, 15) is 19.8 Å². The number of carboxylic acid groups (broad SMARTS) is 2. The summed E-state index contributed by atoms with van der Waals surface area (Å²) in [7, 11) is 0. The molecule has 0 spiro atoms. The van der Waals surface area contributed by atoms with Gasteiger partial charge in [-0.25, -0.2) is 0 Å². The predicted octanol–water partition coefficient (Wildman–Crippen LogP) is 2.94. The van der Waals surface area contributed by atoms with Crippen LogP contribution >= 0.6 is 0 Å². The van der Waals surface area contributed by atoms with Crippen molar-refractivity contribution in [3.05, 3.63) is 35.9 Å². The van der Waals surface area contributed by atoms with Gasteiger partial charge in [0.05, 0.1) is 13.2 Å². The van der Waals surface area contributed by atoms with Gasteiger partial charge in [0, 0.05) is 0 Å². The van der Waals surface area contributed by atoms with Crippen LogP contribution in [0.4, 0.5) is 0 Å². The highest BCUT2D eigenvalue weighted by atomic mass is 16.5. The van der Waals surface area contributed by atoms with Gasteiger partial charge in [-0.2, -0.15) is 0 Å². The lowest BCUT2D eigenvalue weighted by atomic mass is 9.69. The molecule has 0 unspecified atom stereocenters. The highest BCUT2D eigenvalue weighted by molar-refractivity contribution is 5.98. The van der Waals surface area contributed by atoms with Crippen molar-refractivity contribution < 1.29 is 24.5 Å². The molecule has 1 aliphatic rings. The highest BCUT2D eigenvalue weighted by Gasteiger charge is 2.53. The maximum absolute atomic E-state index is 11.7. The van der Waals surface area contributed by atoms with Crippen LogP contribution in [0.3, 0.4) is 0 Å². The number of carboxylic acids is 2. The van der Waals surface area contributed by atoms with Crippen LogP contribution in [0, 0.1) is 11.3 Å². The Labute approximate surface area is 129 Å². The molecule has 1 aromatic rings. The first kappa shape index (κ1) is 16.5. The summed E-state index contributed by atoms with van der Waals surface area (Å²) in [5.41, 5.74) is -0.939. The van der Waals surface area contributed by atoms with Crippen molar-refractivity contribution in [2.24, 2.45) is 11.3 Å². The molecule has 2 N–H and O–H groups in total. The maximum atomic E-state index is 11.7. The summed E-state index contributed by atoms with van der Waals surface area (Å²) in [6, 6.07) is 9.33. The van der Waals surface area contributed by atoms with Gasteiger partial charge in [0.1, 0.15) is 0 Å². The number of rotatable bonds is 7. The average Bonchev–Trinajstić information content (AvgIpc) is 2.53. The second kappa shape index (κ2) is 7.40. The highest BCUT2D eigenvalue weighted by Crippen LogP contribution is 2.40. The van der Waals surface area contributed by atoms with E-state index < -0.39 is 17.4 Å². The van der Waals surface area contributed by atoms with Crippen molar-refractivity contribution in [1.82, 2.24) is 0 Å². The van der Waals surface area contributed by atoms with E-state index in [1.165, 1.54) is 0 Å². The van der Waals surface area contributed by atoms with Gasteiger partial charge in [-0.1, -0.05) is 49.6 Å². The van der Waals surface area contributed by atoms with Gasteiger partial charge < -0.3 is 14.9 Å². The maximum Gasteiger partial charge on any atom is 0.323 e. The molecular weight excluding hydrogens is 284 g/mol. The van der Waals surface area contributed by atoms with Crippen molar-refractivity contribution in [1.29, 1.82) is 0 Å². The molecule has 1 fully saturated rings. The molecule has 120 valence electrons. The Morgan fingerprint density at radius 2 is 1.64 bits per heavy atom. The van der Waals surface area contributed by atoms with E-state index in [-0.39, 0.29) is 19.1 Å². The van der Waals surface area contributed by atoms with Gasteiger partial charge >= 0.3 is 11.9 Å². The minimum Gasteiger partial charge on any atom is -0.480 e. The Morgan fingerprint density at radius 1 is 1.05 bits per heavy atom. The summed E-state index contributed by atoms with van der Waals surface area (Å²) in [5, 5.41) is 19.2. The van der Waals surface area contributed by atoms with E-state index in [4.69, 9.17) is 4.74 Å². The summed E-state index contributed by atoms with van der Waals surface area (Å²) in [6.45, 7) is -0.0763. The van der Waals surface area contributed by atoms with Crippen molar-refractivity contribution in [3.63, 3.8) is 0 Å². The Balaban J connectivity index is 2.10. The summed E-state index contributed by atoms with van der Waals surface area (Å²) < 4.78 is 5.50. The summed E-state index contributed by atoms with van der Waals surface area (Å²) in [6.07, 6.45) is 4.06. The molecule has 1 aliphatic carbocycles. The Bertz CT molecular complexity index is 491. The smallest absolute Gasteiger partial charge is 0.323 e. The SMILES string of the molecule is O=C(O)C(COCc1ccccc1)(C(=O)O)C1CCCCC1. The zero-order valence-electron chi connectivity index (χ0n) is 12.5. The topological polar surface area (TPSA) is 83.8 Å². The fourth-order valence-electron chi connectivity index (χ4n) is 3.18. The molecule has 0 radical (unpaired) electrons. The molecule has 0 atom stereocenters. The van der Waals surface area contributed by atoms with Crippen LogP contribution in [-0.4, -0.2) is 28.8 Å². The molecule has 1 saturated carbocycles. The Morgan fingerprint density at radius 3 is 2.18 bits per heavy atom. The van der Waals surface area contributed by atoms with E-state index in [0.29, 0.717) is 12.8 Å². The van der Waals surface area contributed by atoms with Crippen molar-refractivity contribution in [2.75, 3.05) is 6.61 Å². The second-order valence-electron chi connectivity index (χ2n) is 5.89. The fourth-order valence-corrected chi connectivity index (χ4v) is 3.18. The number of benzene rings is 1. The van der Waals surface area contributed by atoms with Crippen LogP contribution in [-0.2, 0) is 20.9 Å². The number of ether oxygens (including phenoxy) is 1. The number of hydrogen-bond acceptors (Lipinski definition) is 3. The standard InChI is InChI=1S/C17H22O5/c18-15(19)17(16(20)21,14-9-5-2-6-10-14)12-22-11-13-7-3-1-4-8-13/h1,3-4,7-8,14H,2,5-6,9-12H2,(H,18,19)(H,20,21). The van der Waals surface area contributed by atoms with Crippen LogP contribution in [0.5, 0.6) is 0 Å². The van der Waals surface area contributed by atoms with Crippen LogP contribution in [0.1, 0.15) is 37.7 Å². The van der Waals surface area contributed by atoms with Crippen LogP contribution in [0.25, 0.3) is 0 Å². The summed E-state index contributed by atoms with van der Waals surface area (Å²) >= 11 is 0. The molecule has 1 aromatic carbocycles. The molecule has 22 heavy (non-hydrogen) atoms. The zero-order chi connectivity index (χ0) is 16.0. The first-order valence-electron chi connectivity index (χ1n) is 7.66. The summed E-state index contributed by atoms with van der Waals surface area (Å²) in [5.74, 6) is -2.95. The third-order valence-electron chi connectivity index (χ3n) is 4.51. The van der Waals surface area contributed by atoms with Gasteiger partial charge in [-0.3, -0.25) is 9.59 Å².